The van der Waals surface area contributed by atoms with E-state index in [0.29, 0.717) is 5.56 Å². The summed E-state index contributed by atoms with van der Waals surface area (Å²) in [6.45, 7) is 5.50. The van der Waals surface area contributed by atoms with Gasteiger partial charge >= 0.3 is 0 Å². The van der Waals surface area contributed by atoms with Gasteiger partial charge in [-0.3, -0.25) is 4.79 Å². The molecule has 0 fully saturated rings. The number of aryl methyl sites for hydroxylation is 1. The van der Waals surface area contributed by atoms with E-state index in [4.69, 9.17) is 0 Å². The van der Waals surface area contributed by atoms with Crippen LogP contribution < -0.4 is 0 Å². The van der Waals surface area contributed by atoms with Gasteiger partial charge in [0.05, 0.1) is 12.1 Å². The van der Waals surface area contributed by atoms with Crippen LogP contribution in [0.5, 0.6) is 0 Å². The van der Waals surface area contributed by atoms with E-state index < -0.39 is 5.54 Å². The standard InChI is InChI=1S/C13H18BrNO2/c1-9-7-10(14)5-6-11(9)12(17)15(4)13(2,3)8-16/h5-7,16H,8H2,1-4H3. The maximum atomic E-state index is 12.3. The number of carbonyl (C=O) groups excluding carboxylic acids is 1. The van der Waals surface area contributed by atoms with Crippen molar-refractivity contribution < 1.29 is 9.90 Å². The van der Waals surface area contributed by atoms with Crippen LogP contribution in [-0.2, 0) is 0 Å². The van der Waals surface area contributed by atoms with Gasteiger partial charge in [0.1, 0.15) is 0 Å². The molecule has 1 rings (SSSR count). The summed E-state index contributed by atoms with van der Waals surface area (Å²) in [5.41, 5.74) is 1.03. The Balaban J connectivity index is 3.05. The SMILES string of the molecule is Cc1cc(Br)ccc1C(=O)N(C)C(C)(C)CO. The van der Waals surface area contributed by atoms with Gasteiger partial charge in [0.25, 0.3) is 5.91 Å². The molecule has 0 atom stereocenters. The number of aliphatic hydroxyl groups is 1. The first-order valence-electron chi connectivity index (χ1n) is 5.45. The van der Waals surface area contributed by atoms with Crippen molar-refractivity contribution in [2.24, 2.45) is 0 Å². The lowest BCUT2D eigenvalue weighted by Crippen LogP contribution is -2.47. The van der Waals surface area contributed by atoms with Crippen LogP contribution in [0.2, 0.25) is 0 Å². The number of halogens is 1. The summed E-state index contributed by atoms with van der Waals surface area (Å²) in [5, 5.41) is 9.27. The van der Waals surface area contributed by atoms with Crippen LogP contribution >= 0.6 is 15.9 Å². The van der Waals surface area contributed by atoms with Gasteiger partial charge in [0.15, 0.2) is 0 Å². The molecule has 0 unspecified atom stereocenters. The molecular weight excluding hydrogens is 282 g/mol. The zero-order valence-electron chi connectivity index (χ0n) is 10.6. The lowest BCUT2D eigenvalue weighted by atomic mass is 10.0. The molecule has 1 amide bonds. The van der Waals surface area contributed by atoms with E-state index in [2.05, 4.69) is 15.9 Å². The van der Waals surface area contributed by atoms with Crippen molar-refractivity contribution in [1.29, 1.82) is 0 Å². The van der Waals surface area contributed by atoms with E-state index in [1.54, 1.807) is 18.0 Å². The minimum atomic E-state index is -0.559. The van der Waals surface area contributed by atoms with Gasteiger partial charge < -0.3 is 10.0 Å². The number of aliphatic hydroxyl groups excluding tert-OH is 1. The average molecular weight is 300 g/mol. The van der Waals surface area contributed by atoms with Crippen LogP contribution in [0.4, 0.5) is 0 Å². The first kappa shape index (κ1) is 14.2. The van der Waals surface area contributed by atoms with Crippen molar-refractivity contribution in [2.45, 2.75) is 26.3 Å². The Bertz CT molecular complexity index is 429. The molecule has 0 spiro atoms. The van der Waals surface area contributed by atoms with Crippen molar-refractivity contribution >= 4 is 21.8 Å². The zero-order valence-corrected chi connectivity index (χ0v) is 12.2. The van der Waals surface area contributed by atoms with Crippen LogP contribution in [-0.4, -0.2) is 35.1 Å². The van der Waals surface area contributed by atoms with Crippen molar-refractivity contribution in [2.75, 3.05) is 13.7 Å². The summed E-state index contributed by atoms with van der Waals surface area (Å²) in [7, 11) is 1.71. The third kappa shape index (κ3) is 3.07. The van der Waals surface area contributed by atoms with E-state index >= 15 is 0 Å². The number of nitrogens with zero attached hydrogens (tertiary/aromatic N) is 1. The first-order valence-corrected chi connectivity index (χ1v) is 6.24. The number of hydrogen-bond acceptors (Lipinski definition) is 2. The second-order valence-corrected chi connectivity index (χ2v) is 5.71. The molecule has 0 aliphatic carbocycles. The maximum Gasteiger partial charge on any atom is 0.254 e. The van der Waals surface area contributed by atoms with Crippen molar-refractivity contribution in [3.63, 3.8) is 0 Å². The number of likely N-dealkylation sites (N-methyl/N-ethyl adjacent to an activating group) is 1. The van der Waals surface area contributed by atoms with Crippen LogP contribution in [0.25, 0.3) is 0 Å². The molecule has 0 saturated carbocycles. The molecule has 0 saturated heterocycles. The molecule has 0 bridgehead atoms. The summed E-state index contributed by atoms with van der Waals surface area (Å²) in [6.07, 6.45) is 0. The molecule has 1 N–H and O–H groups in total. The van der Waals surface area contributed by atoms with Crippen molar-refractivity contribution in [3.8, 4) is 0 Å². The summed E-state index contributed by atoms with van der Waals surface area (Å²) in [5.74, 6) is -0.0750. The van der Waals surface area contributed by atoms with Gasteiger partial charge in [-0.2, -0.15) is 0 Å². The minimum Gasteiger partial charge on any atom is -0.394 e. The van der Waals surface area contributed by atoms with Gasteiger partial charge in [-0.25, -0.2) is 0 Å². The first-order chi connectivity index (χ1) is 7.79. The number of benzene rings is 1. The fraction of sp³-hybridized carbons (Fsp3) is 0.462. The lowest BCUT2D eigenvalue weighted by molar-refractivity contribution is 0.0472. The van der Waals surface area contributed by atoms with E-state index in [-0.39, 0.29) is 12.5 Å². The summed E-state index contributed by atoms with van der Waals surface area (Å²) in [4.78, 5) is 13.9. The molecule has 0 aliphatic rings. The molecule has 0 aromatic heterocycles. The highest BCUT2D eigenvalue weighted by Gasteiger charge is 2.28. The molecule has 17 heavy (non-hydrogen) atoms. The second kappa shape index (κ2) is 5.19. The maximum absolute atomic E-state index is 12.3. The van der Waals surface area contributed by atoms with Gasteiger partial charge in [0, 0.05) is 17.1 Å². The third-order valence-corrected chi connectivity index (χ3v) is 3.51. The Labute approximate surface area is 111 Å². The Morgan fingerprint density at radius 3 is 2.53 bits per heavy atom. The predicted octanol–water partition coefficient (Wildman–Crippen LogP) is 2.60. The molecular formula is C13H18BrNO2. The zero-order chi connectivity index (χ0) is 13.2. The molecule has 0 radical (unpaired) electrons. The van der Waals surface area contributed by atoms with E-state index in [9.17, 15) is 9.90 Å². The summed E-state index contributed by atoms with van der Waals surface area (Å²) in [6, 6.07) is 5.55. The molecule has 1 aromatic carbocycles. The van der Waals surface area contributed by atoms with Crippen LogP contribution in [0, 0.1) is 6.92 Å². The second-order valence-electron chi connectivity index (χ2n) is 4.79. The third-order valence-electron chi connectivity index (χ3n) is 3.02. The van der Waals surface area contributed by atoms with E-state index in [1.165, 1.54) is 0 Å². The highest BCUT2D eigenvalue weighted by atomic mass is 79.9. The average Bonchev–Trinajstić information content (AvgIpc) is 2.27. The van der Waals surface area contributed by atoms with Crippen LogP contribution in [0.3, 0.4) is 0 Å². The smallest absolute Gasteiger partial charge is 0.254 e. The fourth-order valence-electron chi connectivity index (χ4n) is 1.43. The quantitative estimate of drug-likeness (QED) is 0.932. The number of rotatable bonds is 3. The monoisotopic (exact) mass is 299 g/mol. The minimum absolute atomic E-state index is 0.0647. The summed E-state index contributed by atoms with van der Waals surface area (Å²) >= 11 is 3.37. The van der Waals surface area contributed by atoms with Crippen molar-refractivity contribution in [3.05, 3.63) is 33.8 Å². The highest BCUT2D eigenvalue weighted by Crippen LogP contribution is 2.20. The Kier molecular flexibility index (Phi) is 4.33. The normalized spacial score (nSPS) is 11.4. The van der Waals surface area contributed by atoms with Crippen LogP contribution in [0.15, 0.2) is 22.7 Å². The predicted molar refractivity (Wildman–Crippen MR) is 72.1 cm³/mol. The highest BCUT2D eigenvalue weighted by molar-refractivity contribution is 9.10. The Hall–Kier alpha value is -0.870. The topological polar surface area (TPSA) is 40.5 Å². The number of hydrogen-bond donors (Lipinski definition) is 1. The van der Waals surface area contributed by atoms with E-state index in [0.717, 1.165) is 10.0 Å². The molecule has 0 heterocycles. The number of carbonyl (C=O) groups is 1. The fourth-order valence-corrected chi connectivity index (χ4v) is 1.90. The van der Waals surface area contributed by atoms with Crippen molar-refractivity contribution in [1.82, 2.24) is 4.90 Å². The Morgan fingerprint density at radius 2 is 2.06 bits per heavy atom. The molecule has 0 aliphatic heterocycles. The summed E-state index contributed by atoms with van der Waals surface area (Å²) < 4.78 is 0.954. The van der Waals surface area contributed by atoms with E-state index in [1.807, 2.05) is 32.9 Å². The molecule has 94 valence electrons. The van der Waals surface area contributed by atoms with Crippen LogP contribution in [0.1, 0.15) is 29.8 Å². The van der Waals surface area contributed by atoms with Gasteiger partial charge in [0.2, 0.25) is 0 Å². The number of amides is 1. The lowest BCUT2D eigenvalue weighted by Gasteiger charge is -2.34. The van der Waals surface area contributed by atoms with Gasteiger partial charge in [-0.15, -0.1) is 0 Å². The Morgan fingerprint density at radius 1 is 1.47 bits per heavy atom. The molecule has 4 heteroatoms. The largest absolute Gasteiger partial charge is 0.394 e. The van der Waals surface area contributed by atoms with Gasteiger partial charge in [-0.05, 0) is 44.5 Å². The van der Waals surface area contributed by atoms with Gasteiger partial charge in [-0.1, -0.05) is 15.9 Å². The molecule has 1 aromatic rings. The molecule has 3 nitrogen and oxygen atoms in total.